The van der Waals surface area contributed by atoms with Gasteiger partial charge in [-0.05, 0) is 36.0 Å². The van der Waals surface area contributed by atoms with Crippen LogP contribution in [0.4, 0.5) is 5.69 Å². The van der Waals surface area contributed by atoms with Crippen LogP contribution in [0.1, 0.15) is 33.6 Å². The van der Waals surface area contributed by atoms with E-state index in [1.165, 1.54) is 0 Å². The molecule has 0 heterocycles. The van der Waals surface area contributed by atoms with Crippen LogP contribution < -0.4 is 16.8 Å². The zero-order chi connectivity index (χ0) is 21.7. The molecule has 1 aliphatic rings. The number of rotatable bonds is 8. The first-order valence-corrected chi connectivity index (χ1v) is 10.2. The summed E-state index contributed by atoms with van der Waals surface area (Å²) in [6.07, 6.45) is 4.02. The van der Waals surface area contributed by atoms with Gasteiger partial charge in [0.15, 0.2) is 0 Å². The Morgan fingerprint density at radius 2 is 1.90 bits per heavy atom. The number of ether oxygens (including phenoxy) is 1. The van der Waals surface area contributed by atoms with Crippen LogP contribution in [-0.2, 0) is 14.3 Å². The summed E-state index contributed by atoms with van der Waals surface area (Å²) in [4.78, 5) is 24.0. The fraction of sp³-hybridized carbons (Fsp3) is 0.429. The van der Waals surface area contributed by atoms with Crippen LogP contribution in [0.5, 0.6) is 0 Å². The number of primary amides is 1. The van der Waals surface area contributed by atoms with Gasteiger partial charge in [-0.2, -0.15) is 0 Å². The van der Waals surface area contributed by atoms with Crippen molar-refractivity contribution in [3.8, 4) is 0 Å². The highest BCUT2D eigenvalue weighted by Gasteiger charge is 2.30. The van der Waals surface area contributed by atoms with Crippen LogP contribution in [0.15, 0.2) is 41.6 Å². The number of carbonyl (C=O) groups excluding carboxylic acids is 2. The monoisotopic (exact) mass is 439 g/mol. The number of nitrogens with one attached hydrogen (secondary N) is 1. The number of halogens is 2. The molecule has 1 amide bonds. The number of amides is 1. The Morgan fingerprint density at radius 3 is 2.45 bits per heavy atom. The van der Waals surface area contributed by atoms with Crippen molar-refractivity contribution in [1.82, 2.24) is 0 Å². The number of anilines is 1. The van der Waals surface area contributed by atoms with Gasteiger partial charge in [-0.1, -0.05) is 62.2 Å². The van der Waals surface area contributed by atoms with E-state index in [9.17, 15) is 9.59 Å². The second-order valence-corrected chi connectivity index (χ2v) is 8.36. The fourth-order valence-corrected chi connectivity index (χ4v) is 3.57. The summed E-state index contributed by atoms with van der Waals surface area (Å²) >= 11 is 12.5. The molecule has 2 rings (SSSR count). The number of esters is 1. The van der Waals surface area contributed by atoms with E-state index in [0.717, 1.165) is 17.7 Å². The average Bonchev–Trinajstić information content (AvgIpc) is 2.64. The number of allylic oxidation sites excluding steroid dienone is 3. The van der Waals surface area contributed by atoms with Crippen LogP contribution in [0.2, 0.25) is 10.0 Å². The van der Waals surface area contributed by atoms with Crippen LogP contribution in [-0.4, -0.2) is 24.0 Å². The molecular weight excluding hydrogens is 413 g/mol. The molecule has 1 unspecified atom stereocenters. The zero-order valence-corrected chi connectivity index (χ0v) is 18.3. The Balaban J connectivity index is 2.16. The fourth-order valence-electron chi connectivity index (χ4n) is 3.07. The Hall–Kier alpha value is -2.02. The standard InChI is InChI=1S/C21H27Cl2N3O3/c1-11(2)20(18(24)21(25)28)29-17(27)10-13-8-7-12(3)9-16(13)26-19-14(22)5-4-6-15(19)23/h4-6,8-9,11-12,18,20,26H,7,10,24H2,1-3H3,(H2,25,28)/t12?,18-,20+/m0/s1. The first kappa shape index (κ1) is 23.3. The highest BCUT2D eigenvalue weighted by atomic mass is 35.5. The third-order valence-electron chi connectivity index (χ3n) is 4.70. The lowest BCUT2D eigenvalue weighted by atomic mass is 9.93. The highest BCUT2D eigenvalue weighted by Crippen LogP contribution is 2.34. The molecule has 1 aromatic rings. The molecule has 0 saturated heterocycles. The molecule has 0 fully saturated rings. The maximum Gasteiger partial charge on any atom is 0.310 e. The van der Waals surface area contributed by atoms with Gasteiger partial charge < -0.3 is 21.5 Å². The summed E-state index contributed by atoms with van der Waals surface area (Å²) in [7, 11) is 0. The molecule has 158 valence electrons. The van der Waals surface area contributed by atoms with Gasteiger partial charge in [0.05, 0.1) is 22.2 Å². The smallest absolute Gasteiger partial charge is 0.310 e. The van der Waals surface area contributed by atoms with Crippen LogP contribution >= 0.6 is 23.2 Å². The molecule has 1 aromatic carbocycles. The van der Waals surface area contributed by atoms with Crippen LogP contribution in [0.25, 0.3) is 0 Å². The minimum Gasteiger partial charge on any atom is -0.460 e. The minimum absolute atomic E-state index is 0.0162. The topological polar surface area (TPSA) is 107 Å². The Kier molecular flexibility index (Phi) is 8.14. The van der Waals surface area contributed by atoms with Crippen molar-refractivity contribution in [3.63, 3.8) is 0 Å². The van der Waals surface area contributed by atoms with Crippen molar-refractivity contribution in [2.75, 3.05) is 5.32 Å². The molecule has 5 N–H and O–H groups in total. The number of hydrogen-bond donors (Lipinski definition) is 3. The van der Waals surface area contributed by atoms with Crippen molar-refractivity contribution >= 4 is 40.8 Å². The van der Waals surface area contributed by atoms with Gasteiger partial charge in [-0.25, -0.2) is 0 Å². The summed E-state index contributed by atoms with van der Waals surface area (Å²) in [6.45, 7) is 5.70. The second-order valence-electron chi connectivity index (χ2n) is 7.55. The lowest BCUT2D eigenvalue weighted by molar-refractivity contribution is -0.152. The summed E-state index contributed by atoms with van der Waals surface area (Å²) < 4.78 is 5.50. The third kappa shape index (κ3) is 6.23. The quantitative estimate of drug-likeness (QED) is 0.529. The SMILES string of the molecule is CC1C=C(Nc2c(Cl)cccc2Cl)C(CC(=O)O[C@H](C(C)C)[C@H](N)C(N)=O)=CC1. The first-order valence-electron chi connectivity index (χ1n) is 9.46. The predicted molar refractivity (Wildman–Crippen MR) is 117 cm³/mol. The zero-order valence-electron chi connectivity index (χ0n) is 16.7. The van der Waals surface area contributed by atoms with Crippen molar-refractivity contribution in [2.45, 2.75) is 45.8 Å². The molecule has 0 aliphatic heterocycles. The lowest BCUT2D eigenvalue weighted by Crippen LogP contribution is -2.50. The minimum atomic E-state index is -1.06. The summed E-state index contributed by atoms with van der Waals surface area (Å²) in [6, 6.07) is 4.17. The maximum atomic E-state index is 12.6. The molecule has 29 heavy (non-hydrogen) atoms. The highest BCUT2D eigenvalue weighted by molar-refractivity contribution is 6.39. The van der Waals surface area contributed by atoms with E-state index in [4.69, 9.17) is 39.4 Å². The van der Waals surface area contributed by atoms with Gasteiger partial charge in [0.25, 0.3) is 0 Å². The Morgan fingerprint density at radius 1 is 1.28 bits per heavy atom. The molecule has 8 heteroatoms. The number of carbonyl (C=O) groups is 2. The van der Waals surface area contributed by atoms with E-state index in [1.807, 2.05) is 26.0 Å². The van der Waals surface area contributed by atoms with Gasteiger partial charge in [0.2, 0.25) is 5.91 Å². The van der Waals surface area contributed by atoms with Crippen molar-refractivity contribution in [1.29, 1.82) is 0 Å². The Bertz CT molecular complexity index is 816. The number of nitrogens with two attached hydrogens (primary N) is 2. The number of para-hydroxylation sites is 1. The average molecular weight is 440 g/mol. The summed E-state index contributed by atoms with van der Waals surface area (Å²) in [5.41, 5.74) is 13.2. The number of hydrogen-bond acceptors (Lipinski definition) is 5. The van der Waals surface area contributed by atoms with Gasteiger partial charge in [0, 0.05) is 5.70 Å². The first-order chi connectivity index (χ1) is 13.6. The third-order valence-corrected chi connectivity index (χ3v) is 5.33. The van der Waals surface area contributed by atoms with E-state index in [2.05, 4.69) is 12.2 Å². The molecular formula is C21H27Cl2N3O3. The maximum absolute atomic E-state index is 12.6. The second kappa shape index (κ2) is 10.1. The van der Waals surface area contributed by atoms with E-state index < -0.39 is 24.0 Å². The normalized spacial score (nSPS) is 18.5. The molecule has 0 spiro atoms. The van der Waals surface area contributed by atoms with Gasteiger partial charge in [-0.15, -0.1) is 0 Å². The molecule has 1 aliphatic carbocycles. The van der Waals surface area contributed by atoms with Gasteiger partial charge >= 0.3 is 5.97 Å². The van der Waals surface area contributed by atoms with E-state index in [1.54, 1.807) is 18.2 Å². The molecule has 0 bridgehead atoms. The van der Waals surface area contributed by atoms with E-state index >= 15 is 0 Å². The predicted octanol–water partition coefficient (Wildman–Crippen LogP) is 4.03. The van der Waals surface area contributed by atoms with Crippen molar-refractivity contribution < 1.29 is 14.3 Å². The summed E-state index contributed by atoms with van der Waals surface area (Å²) in [5, 5.41) is 4.20. The molecule has 3 atom stereocenters. The van der Waals surface area contributed by atoms with E-state index in [0.29, 0.717) is 15.7 Å². The Labute approximate surface area is 181 Å². The van der Waals surface area contributed by atoms with Crippen LogP contribution in [0, 0.1) is 11.8 Å². The van der Waals surface area contributed by atoms with Crippen molar-refractivity contribution in [3.05, 3.63) is 51.7 Å². The molecule has 0 saturated carbocycles. The van der Waals surface area contributed by atoms with Gasteiger partial charge in [0.1, 0.15) is 12.1 Å². The van der Waals surface area contributed by atoms with Crippen molar-refractivity contribution in [2.24, 2.45) is 23.3 Å². The largest absolute Gasteiger partial charge is 0.460 e. The number of benzene rings is 1. The molecule has 0 radical (unpaired) electrons. The van der Waals surface area contributed by atoms with Crippen LogP contribution in [0.3, 0.4) is 0 Å². The molecule has 6 nitrogen and oxygen atoms in total. The van der Waals surface area contributed by atoms with E-state index in [-0.39, 0.29) is 18.3 Å². The van der Waals surface area contributed by atoms with Gasteiger partial charge in [-0.3, -0.25) is 9.59 Å². The lowest BCUT2D eigenvalue weighted by Gasteiger charge is -2.26. The summed E-state index contributed by atoms with van der Waals surface area (Å²) in [5.74, 6) is -1.07. The molecule has 0 aromatic heterocycles.